The summed E-state index contributed by atoms with van der Waals surface area (Å²) < 4.78 is 0. The van der Waals surface area contributed by atoms with Gasteiger partial charge in [-0.05, 0) is 19.5 Å². The van der Waals surface area contributed by atoms with E-state index >= 15 is 0 Å². The van der Waals surface area contributed by atoms with Crippen LogP contribution in [0.25, 0.3) is 0 Å². The van der Waals surface area contributed by atoms with E-state index < -0.39 is 0 Å². The fraction of sp³-hybridized carbons (Fsp3) is 0.900. The average molecular weight is 186 g/mol. The van der Waals surface area contributed by atoms with Crippen molar-refractivity contribution in [3.8, 4) is 0 Å². The lowest BCUT2D eigenvalue weighted by atomic mass is 10.2. The summed E-state index contributed by atoms with van der Waals surface area (Å²) in [6.07, 6.45) is 2.74. The first-order chi connectivity index (χ1) is 6.24. The van der Waals surface area contributed by atoms with Crippen molar-refractivity contribution >= 4 is 5.91 Å². The highest BCUT2D eigenvalue weighted by molar-refractivity contribution is 5.75. The number of carbonyl (C=O) groups is 1. The predicted molar refractivity (Wildman–Crippen MR) is 55.5 cm³/mol. The van der Waals surface area contributed by atoms with Crippen molar-refractivity contribution in [2.75, 3.05) is 19.8 Å². The smallest absolute Gasteiger partial charge is 0.220 e. The van der Waals surface area contributed by atoms with Crippen molar-refractivity contribution in [2.24, 2.45) is 0 Å². The summed E-state index contributed by atoms with van der Waals surface area (Å²) in [6.45, 7) is 8.96. The summed E-state index contributed by atoms with van der Waals surface area (Å²) in [5.41, 5.74) is 0. The Labute approximate surface area is 81.5 Å². The number of unbranched alkanes of at least 4 members (excludes halogenated alkanes) is 1. The van der Waals surface area contributed by atoms with Gasteiger partial charge in [0.25, 0.3) is 0 Å². The molecule has 0 heterocycles. The zero-order valence-electron chi connectivity index (χ0n) is 9.10. The SMILES string of the molecule is CCCCC(=O)NCN(CC)CC. The molecule has 0 aromatic carbocycles. The Kier molecular flexibility index (Phi) is 7.69. The summed E-state index contributed by atoms with van der Waals surface area (Å²) in [5, 5.41) is 2.91. The van der Waals surface area contributed by atoms with Crippen LogP contribution < -0.4 is 5.32 Å². The molecule has 1 N–H and O–H groups in total. The van der Waals surface area contributed by atoms with Crippen LogP contribution in [0.1, 0.15) is 40.0 Å². The second-order valence-electron chi connectivity index (χ2n) is 3.16. The molecule has 0 aromatic heterocycles. The molecule has 3 heteroatoms. The Morgan fingerprint density at radius 1 is 1.23 bits per heavy atom. The summed E-state index contributed by atoms with van der Waals surface area (Å²) in [5.74, 6) is 0.175. The van der Waals surface area contributed by atoms with Crippen LogP contribution in [0.5, 0.6) is 0 Å². The van der Waals surface area contributed by atoms with E-state index in [0.29, 0.717) is 13.1 Å². The van der Waals surface area contributed by atoms with Gasteiger partial charge in [-0.2, -0.15) is 0 Å². The molecule has 0 aliphatic heterocycles. The van der Waals surface area contributed by atoms with Crippen LogP contribution in [-0.4, -0.2) is 30.6 Å². The lowest BCUT2D eigenvalue weighted by Crippen LogP contribution is -2.37. The van der Waals surface area contributed by atoms with Crippen molar-refractivity contribution in [1.29, 1.82) is 0 Å². The summed E-state index contributed by atoms with van der Waals surface area (Å²) >= 11 is 0. The minimum Gasteiger partial charge on any atom is -0.343 e. The molecule has 0 rings (SSSR count). The van der Waals surface area contributed by atoms with Crippen LogP contribution in [0, 0.1) is 0 Å². The Balaban J connectivity index is 3.44. The molecule has 0 saturated carbocycles. The first-order valence-corrected chi connectivity index (χ1v) is 5.23. The first kappa shape index (κ1) is 12.4. The number of amides is 1. The monoisotopic (exact) mass is 186 g/mol. The summed E-state index contributed by atoms with van der Waals surface area (Å²) in [4.78, 5) is 13.4. The largest absolute Gasteiger partial charge is 0.343 e. The number of hydrogen-bond acceptors (Lipinski definition) is 2. The Morgan fingerprint density at radius 3 is 2.31 bits per heavy atom. The van der Waals surface area contributed by atoms with Crippen molar-refractivity contribution in [3.05, 3.63) is 0 Å². The molecule has 0 atom stereocenters. The van der Waals surface area contributed by atoms with Crippen LogP contribution in [0.4, 0.5) is 0 Å². The molecular formula is C10H22N2O. The lowest BCUT2D eigenvalue weighted by molar-refractivity contribution is -0.121. The topological polar surface area (TPSA) is 32.3 Å². The second-order valence-corrected chi connectivity index (χ2v) is 3.16. The van der Waals surface area contributed by atoms with Gasteiger partial charge in [-0.1, -0.05) is 27.2 Å². The maximum Gasteiger partial charge on any atom is 0.220 e. The van der Waals surface area contributed by atoms with Crippen molar-refractivity contribution in [1.82, 2.24) is 10.2 Å². The van der Waals surface area contributed by atoms with Gasteiger partial charge in [-0.25, -0.2) is 0 Å². The zero-order valence-corrected chi connectivity index (χ0v) is 9.10. The predicted octanol–water partition coefficient (Wildman–Crippen LogP) is 1.59. The fourth-order valence-corrected chi connectivity index (χ4v) is 1.07. The first-order valence-electron chi connectivity index (χ1n) is 5.23. The normalized spacial score (nSPS) is 10.5. The fourth-order valence-electron chi connectivity index (χ4n) is 1.07. The van der Waals surface area contributed by atoms with E-state index in [-0.39, 0.29) is 5.91 Å². The number of rotatable bonds is 7. The minimum absolute atomic E-state index is 0.175. The molecule has 13 heavy (non-hydrogen) atoms. The highest BCUT2D eigenvalue weighted by Crippen LogP contribution is 1.93. The number of carbonyl (C=O) groups excluding carboxylic acids is 1. The van der Waals surface area contributed by atoms with Gasteiger partial charge >= 0.3 is 0 Å². The van der Waals surface area contributed by atoms with E-state index in [1.807, 2.05) is 0 Å². The summed E-state index contributed by atoms with van der Waals surface area (Å²) in [7, 11) is 0. The molecule has 0 radical (unpaired) electrons. The maximum absolute atomic E-state index is 11.2. The van der Waals surface area contributed by atoms with Gasteiger partial charge in [0.15, 0.2) is 0 Å². The van der Waals surface area contributed by atoms with Crippen molar-refractivity contribution < 1.29 is 4.79 Å². The molecule has 0 bridgehead atoms. The van der Waals surface area contributed by atoms with E-state index in [1.54, 1.807) is 0 Å². The number of hydrogen-bond donors (Lipinski definition) is 1. The van der Waals surface area contributed by atoms with Gasteiger partial charge in [0.05, 0.1) is 6.67 Å². The summed E-state index contributed by atoms with van der Waals surface area (Å²) in [6, 6.07) is 0. The van der Waals surface area contributed by atoms with Crippen LogP contribution in [0.15, 0.2) is 0 Å². The quantitative estimate of drug-likeness (QED) is 0.612. The van der Waals surface area contributed by atoms with Gasteiger partial charge < -0.3 is 5.32 Å². The molecule has 3 nitrogen and oxygen atoms in total. The average Bonchev–Trinajstić information content (AvgIpc) is 2.16. The third kappa shape index (κ3) is 6.58. The molecule has 0 unspecified atom stereocenters. The van der Waals surface area contributed by atoms with E-state index in [0.717, 1.165) is 25.9 Å². The minimum atomic E-state index is 0.175. The van der Waals surface area contributed by atoms with E-state index in [1.165, 1.54) is 0 Å². The van der Waals surface area contributed by atoms with Crippen molar-refractivity contribution in [3.63, 3.8) is 0 Å². The lowest BCUT2D eigenvalue weighted by Gasteiger charge is -2.18. The Bertz CT molecular complexity index is 133. The van der Waals surface area contributed by atoms with Gasteiger partial charge in [0.2, 0.25) is 5.91 Å². The Morgan fingerprint density at radius 2 is 1.85 bits per heavy atom. The molecule has 0 aliphatic rings. The zero-order chi connectivity index (χ0) is 10.1. The molecule has 78 valence electrons. The highest BCUT2D eigenvalue weighted by Gasteiger charge is 2.02. The van der Waals surface area contributed by atoms with Gasteiger partial charge in [-0.15, -0.1) is 0 Å². The van der Waals surface area contributed by atoms with E-state index in [2.05, 4.69) is 31.0 Å². The van der Waals surface area contributed by atoms with Gasteiger partial charge in [0, 0.05) is 6.42 Å². The van der Waals surface area contributed by atoms with Crippen LogP contribution in [0.3, 0.4) is 0 Å². The second kappa shape index (κ2) is 8.05. The van der Waals surface area contributed by atoms with Crippen molar-refractivity contribution in [2.45, 2.75) is 40.0 Å². The van der Waals surface area contributed by atoms with Gasteiger partial charge in [-0.3, -0.25) is 9.69 Å². The number of nitrogens with zero attached hydrogens (tertiary/aromatic N) is 1. The molecule has 0 fully saturated rings. The molecular weight excluding hydrogens is 164 g/mol. The van der Waals surface area contributed by atoms with E-state index in [9.17, 15) is 4.79 Å². The molecule has 0 spiro atoms. The highest BCUT2D eigenvalue weighted by atomic mass is 16.1. The Hall–Kier alpha value is -0.570. The molecule has 0 saturated heterocycles. The molecule has 1 amide bonds. The van der Waals surface area contributed by atoms with Gasteiger partial charge in [0.1, 0.15) is 0 Å². The molecule has 0 aliphatic carbocycles. The molecule has 0 aromatic rings. The van der Waals surface area contributed by atoms with Crippen LogP contribution in [0.2, 0.25) is 0 Å². The van der Waals surface area contributed by atoms with Crippen LogP contribution >= 0.6 is 0 Å². The third-order valence-corrected chi connectivity index (χ3v) is 2.15. The number of nitrogens with one attached hydrogen (secondary N) is 1. The maximum atomic E-state index is 11.2. The van der Waals surface area contributed by atoms with Crippen LogP contribution in [-0.2, 0) is 4.79 Å². The third-order valence-electron chi connectivity index (χ3n) is 2.15. The standard InChI is InChI=1S/C10H22N2O/c1-4-7-8-10(13)11-9-12(5-2)6-3/h4-9H2,1-3H3,(H,11,13). The van der Waals surface area contributed by atoms with E-state index in [4.69, 9.17) is 0 Å².